The topological polar surface area (TPSA) is 35.0 Å². The third-order valence-electron chi connectivity index (χ3n) is 2.03. The summed E-state index contributed by atoms with van der Waals surface area (Å²) in [6.07, 6.45) is -4.76. The number of ether oxygens (including phenoxy) is 1. The zero-order chi connectivity index (χ0) is 14.9. The van der Waals surface area contributed by atoms with E-state index >= 15 is 0 Å². The van der Waals surface area contributed by atoms with Crippen molar-refractivity contribution in [3.05, 3.63) is 45.5 Å². The molecule has 0 aliphatic heterocycles. The second-order valence-electron chi connectivity index (χ2n) is 3.53. The zero-order valence-corrected chi connectivity index (χ0v) is 11.7. The summed E-state index contributed by atoms with van der Waals surface area (Å²) >= 11 is 8.55. The first-order valence-corrected chi connectivity index (χ1v) is 6.17. The minimum atomic E-state index is -4.76. The highest BCUT2D eigenvalue weighted by Crippen LogP contribution is 2.33. The predicted octanol–water partition coefficient (Wildman–Crippen LogP) is 4.84. The zero-order valence-electron chi connectivity index (χ0n) is 9.38. The average Bonchev–Trinajstić information content (AvgIpc) is 2.32. The Morgan fingerprint density at radius 2 is 1.85 bits per heavy atom. The monoisotopic (exact) mass is 370 g/mol. The summed E-state index contributed by atoms with van der Waals surface area (Å²) in [6, 6.07) is 4.49. The molecule has 106 valence electrons. The molecule has 0 fully saturated rings. The third-order valence-corrected chi connectivity index (χ3v) is 2.88. The van der Waals surface area contributed by atoms with E-state index in [1.165, 1.54) is 6.07 Å². The van der Waals surface area contributed by atoms with Crippen LogP contribution in [0, 0.1) is 5.82 Å². The Hall–Kier alpha value is -1.41. The van der Waals surface area contributed by atoms with Crippen LogP contribution in [0.4, 0.5) is 17.6 Å². The lowest BCUT2D eigenvalue weighted by molar-refractivity contribution is -0.145. The largest absolute Gasteiger partial charge is 0.451 e. The van der Waals surface area contributed by atoms with Crippen molar-refractivity contribution in [1.29, 1.82) is 0 Å². The molecule has 1 aromatic heterocycles. The van der Waals surface area contributed by atoms with Gasteiger partial charge < -0.3 is 4.74 Å². The Bertz CT molecular complexity index is 651. The van der Waals surface area contributed by atoms with Crippen molar-refractivity contribution < 1.29 is 22.3 Å². The van der Waals surface area contributed by atoms with E-state index in [2.05, 4.69) is 25.9 Å². The van der Waals surface area contributed by atoms with Crippen molar-refractivity contribution in [3.63, 3.8) is 0 Å². The van der Waals surface area contributed by atoms with Crippen molar-refractivity contribution >= 4 is 27.5 Å². The molecule has 2 aromatic rings. The van der Waals surface area contributed by atoms with Crippen molar-refractivity contribution in [2.45, 2.75) is 6.18 Å². The molecule has 0 unspecified atom stereocenters. The summed E-state index contributed by atoms with van der Waals surface area (Å²) < 4.78 is 56.1. The van der Waals surface area contributed by atoms with Gasteiger partial charge >= 0.3 is 6.18 Å². The van der Waals surface area contributed by atoms with Gasteiger partial charge in [0.25, 0.3) is 0 Å². The second-order valence-corrected chi connectivity index (χ2v) is 4.77. The van der Waals surface area contributed by atoms with Gasteiger partial charge in [-0.15, -0.1) is 0 Å². The molecule has 0 amide bonds. The fourth-order valence-electron chi connectivity index (χ4n) is 1.24. The van der Waals surface area contributed by atoms with Gasteiger partial charge in [-0.2, -0.15) is 18.2 Å². The Morgan fingerprint density at radius 3 is 2.50 bits per heavy atom. The molecule has 2 rings (SSSR count). The van der Waals surface area contributed by atoms with E-state index in [0.29, 0.717) is 4.47 Å². The highest BCUT2D eigenvalue weighted by molar-refractivity contribution is 9.10. The summed E-state index contributed by atoms with van der Waals surface area (Å²) in [4.78, 5) is 6.24. The molecule has 0 radical (unpaired) electrons. The number of halogens is 6. The first kappa shape index (κ1) is 15.0. The van der Waals surface area contributed by atoms with Gasteiger partial charge in [0.1, 0.15) is 16.7 Å². The number of hydrogen-bond acceptors (Lipinski definition) is 3. The first-order chi connectivity index (χ1) is 9.25. The highest BCUT2D eigenvalue weighted by atomic mass is 79.9. The van der Waals surface area contributed by atoms with E-state index < -0.39 is 28.9 Å². The van der Waals surface area contributed by atoms with Gasteiger partial charge in [0, 0.05) is 12.1 Å². The molecular weight excluding hydrogens is 367 g/mol. The summed E-state index contributed by atoms with van der Waals surface area (Å²) in [6.45, 7) is 0. The standard InChI is InChI=1S/C11H4BrClF4N2O/c12-6-2-1-5(14)3-7(6)20-9-4-8(13)18-10(19-9)11(15,16)17/h1-4H. The predicted molar refractivity (Wildman–Crippen MR) is 66.2 cm³/mol. The van der Waals surface area contributed by atoms with Crippen LogP contribution in [0.1, 0.15) is 5.82 Å². The van der Waals surface area contributed by atoms with Gasteiger partial charge in [-0.25, -0.2) is 9.37 Å². The van der Waals surface area contributed by atoms with Gasteiger partial charge in [0.15, 0.2) is 0 Å². The molecule has 1 aromatic carbocycles. The fourth-order valence-corrected chi connectivity index (χ4v) is 1.75. The van der Waals surface area contributed by atoms with Crippen LogP contribution >= 0.6 is 27.5 Å². The molecule has 0 N–H and O–H groups in total. The lowest BCUT2D eigenvalue weighted by Gasteiger charge is -2.10. The first-order valence-electron chi connectivity index (χ1n) is 5.00. The lowest BCUT2D eigenvalue weighted by atomic mass is 10.3. The summed E-state index contributed by atoms with van der Waals surface area (Å²) in [7, 11) is 0. The van der Waals surface area contributed by atoms with Crippen LogP contribution in [-0.2, 0) is 6.18 Å². The molecule has 0 bridgehead atoms. The van der Waals surface area contributed by atoms with E-state index in [4.69, 9.17) is 16.3 Å². The van der Waals surface area contributed by atoms with Crippen molar-refractivity contribution in [2.75, 3.05) is 0 Å². The van der Waals surface area contributed by atoms with Crippen LogP contribution in [0.5, 0.6) is 11.6 Å². The van der Waals surface area contributed by atoms with Gasteiger partial charge in [0.2, 0.25) is 11.7 Å². The molecule has 1 heterocycles. The number of alkyl halides is 3. The van der Waals surface area contributed by atoms with Crippen LogP contribution in [-0.4, -0.2) is 9.97 Å². The van der Waals surface area contributed by atoms with Crippen molar-refractivity contribution in [3.8, 4) is 11.6 Å². The molecule has 9 heteroatoms. The molecule has 0 saturated heterocycles. The minimum absolute atomic E-state index is 0.0344. The molecule has 0 aliphatic rings. The summed E-state index contributed by atoms with van der Waals surface area (Å²) in [5, 5.41) is -0.435. The van der Waals surface area contributed by atoms with Gasteiger partial charge in [-0.1, -0.05) is 11.6 Å². The Labute approximate surface area is 123 Å². The SMILES string of the molecule is Fc1ccc(Br)c(Oc2cc(Cl)nc(C(F)(F)F)n2)c1. The van der Waals surface area contributed by atoms with Crippen molar-refractivity contribution in [1.82, 2.24) is 9.97 Å². The van der Waals surface area contributed by atoms with Crippen LogP contribution in [0.3, 0.4) is 0 Å². The Morgan fingerprint density at radius 1 is 1.15 bits per heavy atom. The highest BCUT2D eigenvalue weighted by Gasteiger charge is 2.35. The number of aromatic nitrogens is 2. The van der Waals surface area contributed by atoms with Gasteiger partial charge in [-0.05, 0) is 28.1 Å². The normalized spacial score (nSPS) is 11.5. The Kier molecular flexibility index (Phi) is 4.14. The molecule has 3 nitrogen and oxygen atoms in total. The maximum Gasteiger partial charge on any atom is 0.451 e. The summed E-state index contributed by atoms with van der Waals surface area (Å²) in [5.74, 6) is -2.52. The second kappa shape index (κ2) is 5.53. The van der Waals surface area contributed by atoms with Crippen LogP contribution in [0.15, 0.2) is 28.7 Å². The number of benzene rings is 1. The quantitative estimate of drug-likeness (QED) is 0.559. The van der Waals surface area contributed by atoms with E-state index in [1.807, 2.05) is 0 Å². The number of nitrogens with zero attached hydrogens (tertiary/aromatic N) is 2. The molecule has 20 heavy (non-hydrogen) atoms. The summed E-state index contributed by atoms with van der Waals surface area (Å²) in [5.41, 5.74) is 0. The van der Waals surface area contributed by atoms with Crippen LogP contribution < -0.4 is 4.74 Å². The molecule has 0 saturated carbocycles. The van der Waals surface area contributed by atoms with Crippen molar-refractivity contribution in [2.24, 2.45) is 0 Å². The Balaban J connectivity index is 2.39. The van der Waals surface area contributed by atoms with E-state index in [1.54, 1.807) is 0 Å². The number of hydrogen-bond donors (Lipinski definition) is 0. The maximum absolute atomic E-state index is 13.1. The van der Waals surface area contributed by atoms with Crippen LogP contribution in [0.2, 0.25) is 5.15 Å². The smallest absolute Gasteiger partial charge is 0.438 e. The third kappa shape index (κ3) is 3.57. The average molecular weight is 372 g/mol. The van der Waals surface area contributed by atoms with E-state index in [9.17, 15) is 17.6 Å². The molecule has 0 aliphatic carbocycles. The van der Waals surface area contributed by atoms with Crippen LogP contribution in [0.25, 0.3) is 0 Å². The van der Waals surface area contributed by atoms with Gasteiger partial charge in [0.05, 0.1) is 4.47 Å². The molecule has 0 atom stereocenters. The van der Waals surface area contributed by atoms with E-state index in [0.717, 1.165) is 18.2 Å². The maximum atomic E-state index is 13.1. The lowest BCUT2D eigenvalue weighted by Crippen LogP contribution is -2.11. The molecular formula is C11H4BrClF4N2O. The van der Waals surface area contributed by atoms with Gasteiger partial charge in [-0.3, -0.25) is 0 Å². The fraction of sp³-hybridized carbons (Fsp3) is 0.0909. The number of rotatable bonds is 2. The molecule has 0 spiro atoms. The van der Waals surface area contributed by atoms with E-state index in [-0.39, 0.29) is 5.75 Å². The minimum Gasteiger partial charge on any atom is -0.438 e.